The summed E-state index contributed by atoms with van der Waals surface area (Å²) in [5.74, 6) is 0.145. The predicted octanol–water partition coefficient (Wildman–Crippen LogP) is 3.34. The van der Waals surface area contributed by atoms with Gasteiger partial charge in [-0.2, -0.15) is 0 Å². The topological polar surface area (TPSA) is 60.7 Å². The molecule has 130 valence electrons. The Morgan fingerprint density at radius 1 is 1.22 bits per heavy atom. The molecular weight excluding hydrogens is 288 g/mol. The van der Waals surface area contributed by atoms with Gasteiger partial charge in [-0.05, 0) is 61.0 Å². The van der Waals surface area contributed by atoms with Crippen LogP contribution >= 0.6 is 0 Å². The number of rotatable bonds is 1. The van der Waals surface area contributed by atoms with Crippen molar-refractivity contribution >= 4 is 0 Å². The van der Waals surface area contributed by atoms with E-state index in [-0.39, 0.29) is 11.3 Å². The summed E-state index contributed by atoms with van der Waals surface area (Å²) in [5, 5.41) is 33.5. The highest BCUT2D eigenvalue weighted by Crippen LogP contribution is 2.63. The molecule has 0 aliphatic heterocycles. The van der Waals surface area contributed by atoms with Crippen LogP contribution in [0.5, 0.6) is 0 Å². The summed E-state index contributed by atoms with van der Waals surface area (Å²) in [7, 11) is 0. The molecule has 0 aromatic carbocycles. The normalized spacial score (nSPS) is 50.3. The van der Waals surface area contributed by atoms with Gasteiger partial charge >= 0.3 is 0 Å². The molecule has 0 unspecified atom stereocenters. The molecule has 3 aliphatic carbocycles. The van der Waals surface area contributed by atoms with Crippen LogP contribution in [0.2, 0.25) is 0 Å². The van der Waals surface area contributed by atoms with E-state index in [1.165, 1.54) is 0 Å². The first-order valence-electron chi connectivity index (χ1n) is 9.02. The minimum atomic E-state index is -1.07. The molecule has 3 nitrogen and oxygen atoms in total. The van der Waals surface area contributed by atoms with Crippen LogP contribution in [-0.4, -0.2) is 32.6 Å². The van der Waals surface area contributed by atoms with Gasteiger partial charge in [-0.25, -0.2) is 0 Å². The Balaban J connectivity index is 2.12. The van der Waals surface area contributed by atoms with Crippen LogP contribution in [0.15, 0.2) is 23.8 Å². The van der Waals surface area contributed by atoms with Crippen LogP contribution in [0, 0.1) is 16.7 Å². The molecule has 3 N–H and O–H groups in total. The predicted molar refractivity (Wildman–Crippen MR) is 91.9 cm³/mol. The van der Waals surface area contributed by atoms with E-state index in [4.69, 9.17) is 0 Å². The Morgan fingerprint density at radius 3 is 2.48 bits per heavy atom. The van der Waals surface area contributed by atoms with Gasteiger partial charge in [0.2, 0.25) is 0 Å². The Labute approximate surface area is 140 Å². The van der Waals surface area contributed by atoms with E-state index >= 15 is 0 Å². The largest absolute Gasteiger partial charge is 0.392 e. The third-order valence-corrected chi connectivity index (χ3v) is 7.49. The highest BCUT2D eigenvalue weighted by molar-refractivity contribution is 5.38. The monoisotopic (exact) mass is 320 g/mol. The second kappa shape index (κ2) is 4.93. The van der Waals surface area contributed by atoms with Crippen LogP contribution in [0.4, 0.5) is 0 Å². The molecule has 0 radical (unpaired) electrons. The minimum Gasteiger partial charge on any atom is -0.392 e. The van der Waals surface area contributed by atoms with E-state index in [1.54, 1.807) is 0 Å². The molecule has 0 saturated heterocycles. The fraction of sp³-hybridized carbons (Fsp3) is 0.800. The zero-order valence-corrected chi connectivity index (χ0v) is 15.0. The van der Waals surface area contributed by atoms with Crippen LogP contribution in [0.25, 0.3) is 0 Å². The Morgan fingerprint density at radius 2 is 1.87 bits per heavy atom. The average molecular weight is 320 g/mol. The van der Waals surface area contributed by atoms with Crippen molar-refractivity contribution in [2.24, 2.45) is 16.7 Å². The summed E-state index contributed by atoms with van der Waals surface area (Å²) in [4.78, 5) is 0. The minimum absolute atomic E-state index is 0.145. The quantitative estimate of drug-likeness (QED) is 0.649. The summed E-state index contributed by atoms with van der Waals surface area (Å²) < 4.78 is 0. The Kier molecular flexibility index (Phi) is 3.69. The summed E-state index contributed by atoms with van der Waals surface area (Å²) in [6.45, 7) is 12.4. The van der Waals surface area contributed by atoms with E-state index in [1.807, 2.05) is 6.92 Å². The van der Waals surface area contributed by atoms with Gasteiger partial charge in [0.15, 0.2) is 0 Å². The maximum absolute atomic E-state index is 11.6. The van der Waals surface area contributed by atoms with Gasteiger partial charge in [-0.3, -0.25) is 0 Å². The highest BCUT2D eigenvalue weighted by atomic mass is 16.3. The van der Waals surface area contributed by atoms with E-state index in [2.05, 4.69) is 33.4 Å². The van der Waals surface area contributed by atoms with Crippen molar-refractivity contribution in [2.45, 2.75) is 83.5 Å². The van der Waals surface area contributed by atoms with Crippen LogP contribution in [0.1, 0.15) is 66.2 Å². The highest BCUT2D eigenvalue weighted by Gasteiger charge is 2.62. The van der Waals surface area contributed by atoms with Crippen LogP contribution < -0.4 is 0 Å². The van der Waals surface area contributed by atoms with Gasteiger partial charge in [-0.1, -0.05) is 40.3 Å². The van der Waals surface area contributed by atoms with E-state index in [9.17, 15) is 15.3 Å². The number of fused-ring (bicyclic) bond motifs is 2. The van der Waals surface area contributed by atoms with E-state index in [0.717, 1.165) is 24.0 Å². The van der Waals surface area contributed by atoms with E-state index < -0.39 is 22.7 Å². The number of aliphatic hydroxyl groups is 3. The van der Waals surface area contributed by atoms with Gasteiger partial charge < -0.3 is 15.3 Å². The first kappa shape index (κ1) is 17.2. The van der Waals surface area contributed by atoms with Crippen molar-refractivity contribution in [1.29, 1.82) is 0 Å². The molecule has 3 heteroatoms. The molecule has 3 aliphatic rings. The first-order valence-corrected chi connectivity index (χ1v) is 9.02. The third-order valence-electron chi connectivity index (χ3n) is 7.49. The zero-order chi connectivity index (χ0) is 17.3. The lowest BCUT2D eigenvalue weighted by molar-refractivity contribution is -0.142. The molecule has 0 amide bonds. The molecule has 23 heavy (non-hydrogen) atoms. The summed E-state index contributed by atoms with van der Waals surface area (Å²) in [5.41, 5.74) is -0.794. The van der Waals surface area contributed by atoms with Crippen molar-refractivity contribution < 1.29 is 15.3 Å². The molecule has 0 aromatic heterocycles. The van der Waals surface area contributed by atoms with Crippen LogP contribution in [-0.2, 0) is 0 Å². The SMILES string of the molecule is C=C1CC[C@@H](O)[C@@]2(C)CC=C3[C@](C)(CC[C@]3(O)C(C)C)C[C@]12O. The van der Waals surface area contributed by atoms with Crippen molar-refractivity contribution in [2.75, 3.05) is 0 Å². The standard InChI is InChI=1S/C20H32O3/c1-13(2)19(22)11-10-17(4)12-20(23)14(3)6-7-16(21)18(20,5)9-8-15(17)19/h8,13,16,21-23H,3,6-7,9-12H2,1-2,4-5H3/t16-,17-,18-,19+,20+/m1/s1. The lowest BCUT2D eigenvalue weighted by Crippen LogP contribution is -2.58. The van der Waals surface area contributed by atoms with Gasteiger partial charge in [0.25, 0.3) is 0 Å². The van der Waals surface area contributed by atoms with Gasteiger partial charge in [0.05, 0.1) is 17.3 Å². The van der Waals surface area contributed by atoms with E-state index in [0.29, 0.717) is 25.7 Å². The number of hydrogen-bond donors (Lipinski definition) is 3. The number of allylic oxidation sites excluding steroid dienone is 1. The fourth-order valence-electron chi connectivity index (χ4n) is 5.49. The van der Waals surface area contributed by atoms with Crippen molar-refractivity contribution in [3.63, 3.8) is 0 Å². The lowest BCUT2D eigenvalue weighted by Gasteiger charge is -2.53. The fourth-order valence-corrected chi connectivity index (χ4v) is 5.49. The molecule has 3 rings (SSSR count). The smallest absolute Gasteiger partial charge is 0.0943 e. The zero-order valence-electron chi connectivity index (χ0n) is 15.0. The summed E-state index contributed by atoms with van der Waals surface area (Å²) in [6, 6.07) is 0. The number of aliphatic hydroxyl groups excluding tert-OH is 1. The molecule has 2 saturated carbocycles. The van der Waals surface area contributed by atoms with Crippen molar-refractivity contribution in [3.05, 3.63) is 23.8 Å². The van der Waals surface area contributed by atoms with Gasteiger partial charge in [0.1, 0.15) is 0 Å². The second-order valence-electron chi connectivity index (χ2n) is 9.07. The molecule has 0 aromatic rings. The molecular formula is C20H32O3. The maximum atomic E-state index is 11.6. The molecule has 5 atom stereocenters. The first-order chi connectivity index (χ1) is 10.5. The van der Waals surface area contributed by atoms with Crippen molar-refractivity contribution in [3.8, 4) is 0 Å². The lowest BCUT2D eigenvalue weighted by atomic mass is 9.56. The Hall–Kier alpha value is -0.640. The summed E-state index contributed by atoms with van der Waals surface area (Å²) in [6.07, 6.45) is 5.68. The average Bonchev–Trinajstić information content (AvgIpc) is 2.66. The maximum Gasteiger partial charge on any atom is 0.0943 e. The molecule has 2 fully saturated rings. The van der Waals surface area contributed by atoms with Gasteiger partial charge in [-0.15, -0.1) is 0 Å². The molecule has 0 heterocycles. The summed E-state index contributed by atoms with van der Waals surface area (Å²) >= 11 is 0. The Bertz CT molecular complexity index is 565. The van der Waals surface area contributed by atoms with Crippen LogP contribution in [0.3, 0.4) is 0 Å². The number of hydrogen-bond acceptors (Lipinski definition) is 3. The second-order valence-corrected chi connectivity index (χ2v) is 9.07. The molecule has 0 bridgehead atoms. The molecule has 0 spiro atoms. The van der Waals surface area contributed by atoms with Gasteiger partial charge in [0, 0.05) is 5.41 Å². The van der Waals surface area contributed by atoms with Crippen molar-refractivity contribution in [1.82, 2.24) is 0 Å². The third kappa shape index (κ3) is 2.06.